The number of benzene rings is 2. The number of nitrogens with one attached hydrogen (secondary N) is 1. The zero-order chi connectivity index (χ0) is 24.0. The van der Waals surface area contributed by atoms with Gasteiger partial charge in [0, 0.05) is 41.8 Å². The van der Waals surface area contributed by atoms with Crippen LogP contribution in [0.4, 0.5) is 0 Å². The summed E-state index contributed by atoms with van der Waals surface area (Å²) in [6.45, 7) is 0.766. The molecule has 0 spiro atoms. The maximum Gasteiger partial charge on any atom is 0.354 e. The first-order chi connectivity index (χ1) is 15.8. The molecule has 0 saturated carbocycles. The van der Waals surface area contributed by atoms with Crippen molar-refractivity contribution in [2.45, 2.75) is 0 Å². The number of likely N-dealkylation sites (N-methyl/N-ethyl adjacent to an activating group) is 1. The lowest BCUT2D eigenvalue weighted by atomic mass is 10.1. The maximum absolute atomic E-state index is 13.0. The Bertz CT molecular complexity index is 1180. The lowest BCUT2D eigenvalue weighted by Crippen LogP contribution is -2.30. The van der Waals surface area contributed by atoms with E-state index in [1.807, 2.05) is 61.1 Å². The SMILES string of the molecule is COc1ccc(C(=O)NC(=Cc2cn(C)c3ccccc23)C(=O)OCCN(C)C)cc1OC. The zero-order valence-corrected chi connectivity index (χ0v) is 19.5. The average Bonchev–Trinajstić information content (AvgIpc) is 3.13. The number of carbonyl (C=O) groups is 2. The second-order valence-corrected chi connectivity index (χ2v) is 7.73. The molecule has 0 atom stereocenters. The van der Waals surface area contributed by atoms with Crippen molar-refractivity contribution < 1.29 is 23.8 Å². The smallest absolute Gasteiger partial charge is 0.354 e. The van der Waals surface area contributed by atoms with Crippen molar-refractivity contribution in [3.05, 3.63) is 65.5 Å². The van der Waals surface area contributed by atoms with Gasteiger partial charge in [-0.1, -0.05) is 18.2 Å². The molecular formula is C25H29N3O5. The number of rotatable bonds is 9. The number of hydrogen-bond acceptors (Lipinski definition) is 6. The van der Waals surface area contributed by atoms with Gasteiger partial charge >= 0.3 is 5.97 Å². The minimum Gasteiger partial charge on any atom is -0.493 e. The molecule has 174 valence electrons. The molecule has 3 aromatic rings. The van der Waals surface area contributed by atoms with Gasteiger partial charge in [0.15, 0.2) is 11.5 Å². The molecule has 0 unspecified atom stereocenters. The third-order valence-corrected chi connectivity index (χ3v) is 5.11. The summed E-state index contributed by atoms with van der Waals surface area (Å²) in [5, 5.41) is 3.67. The highest BCUT2D eigenvalue weighted by molar-refractivity contribution is 6.05. The molecule has 0 aliphatic heterocycles. The van der Waals surface area contributed by atoms with E-state index in [9.17, 15) is 9.59 Å². The number of aromatic nitrogens is 1. The van der Waals surface area contributed by atoms with E-state index in [1.165, 1.54) is 14.2 Å². The fourth-order valence-electron chi connectivity index (χ4n) is 3.36. The van der Waals surface area contributed by atoms with Gasteiger partial charge in [-0.2, -0.15) is 0 Å². The first-order valence-electron chi connectivity index (χ1n) is 10.4. The monoisotopic (exact) mass is 451 g/mol. The second-order valence-electron chi connectivity index (χ2n) is 7.73. The molecule has 1 heterocycles. The Labute approximate surface area is 193 Å². The van der Waals surface area contributed by atoms with Crippen molar-refractivity contribution in [3.8, 4) is 11.5 Å². The third kappa shape index (κ3) is 5.72. The summed E-state index contributed by atoms with van der Waals surface area (Å²) in [6, 6.07) is 12.6. The van der Waals surface area contributed by atoms with Crippen LogP contribution in [0.1, 0.15) is 15.9 Å². The number of aryl methyl sites for hydroxylation is 1. The van der Waals surface area contributed by atoms with Crippen LogP contribution in [0.5, 0.6) is 11.5 Å². The fourth-order valence-corrected chi connectivity index (χ4v) is 3.36. The number of nitrogens with zero attached hydrogens (tertiary/aromatic N) is 2. The number of amides is 1. The number of ether oxygens (including phenoxy) is 3. The lowest BCUT2D eigenvalue weighted by molar-refractivity contribution is -0.139. The van der Waals surface area contributed by atoms with Gasteiger partial charge in [0.05, 0.1) is 14.2 Å². The summed E-state index contributed by atoms with van der Waals surface area (Å²) in [5.74, 6) is -0.160. The van der Waals surface area contributed by atoms with Crippen LogP contribution < -0.4 is 14.8 Å². The zero-order valence-electron chi connectivity index (χ0n) is 19.5. The van der Waals surface area contributed by atoms with Gasteiger partial charge in [-0.25, -0.2) is 4.79 Å². The van der Waals surface area contributed by atoms with Crippen LogP contribution in [0.2, 0.25) is 0 Å². The molecule has 1 N–H and O–H groups in total. The lowest BCUT2D eigenvalue weighted by Gasteiger charge is -2.13. The number of methoxy groups -OCH3 is 2. The van der Waals surface area contributed by atoms with Crippen LogP contribution in [0.15, 0.2) is 54.4 Å². The van der Waals surface area contributed by atoms with E-state index in [0.29, 0.717) is 23.6 Å². The van der Waals surface area contributed by atoms with Crippen LogP contribution in [0.3, 0.4) is 0 Å². The molecule has 0 aliphatic rings. The molecule has 3 rings (SSSR count). The Kier molecular flexibility index (Phi) is 7.74. The predicted molar refractivity (Wildman–Crippen MR) is 127 cm³/mol. The molecule has 0 radical (unpaired) electrons. The van der Waals surface area contributed by atoms with Crippen molar-refractivity contribution >= 4 is 28.9 Å². The van der Waals surface area contributed by atoms with Crippen molar-refractivity contribution in [1.29, 1.82) is 0 Å². The van der Waals surface area contributed by atoms with Gasteiger partial charge in [-0.05, 0) is 44.4 Å². The van der Waals surface area contributed by atoms with E-state index < -0.39 is 11.9 Å². The van der Waals surface area contributed by atoms with Crippen molar-refractivity contribution in [1.82, 2.24) is 14.8 Å². The van der Waals surface area contributed by atoms with Gasteiger partial charge in [-0.3, -0.25) is 4.79 Å². The van der Waals surface area contributed by atoms with Crippen LogP contribution >= 0.6 is 0 Å². The van der Waals surface area contributed by atoms with Crippen molar-refractivity contribution in [3.63, 3.8) is 0 Å². The quantitative estimate of drug-likeness (QED) is 0.398. The van der Waals surface area contributed by atoms with Crippen molar-refractivity contribution in [2.24, 2.45) is 7.05 Å². The van der Waals surface area contributed by atoms with Crippen LogP contribution in [0.25, 0.3) is 17.0 Å². The Morgan fingerprint density at radius 3 is 2.48 bits per heavy atom. The maximum atomic E-state index is 13.0. The van der Waals surface area contributed by atoms with E-state index in [2.05, 4.69) is 5.32 Å². The van der Waals surface area contributed by atoms with Gasteiger partial charge in [0.25, 0.3) is 5.91 Å². The molecule has 1 aromatic heterocycles. The number of esters is 1. The van der Waals surface area contributed by atoms with Gasteiger partial charge < -0.3 is 29.0 Å². The normalized spacial score (nSPS) is 11.5. The minimum atomic E-state index is -0.612. The molecule has 8 nitrogen and oxygen atoms in total. The Morgan fingerprint density at radius 2 is 1.79 bits per heavy atom. The summed E-state index contributed by atoms with van der Waals surface area (Å²) >= 11 is 0. The van der Waals surface area contributed by atoms with Crippen LogP contribution in [0, 0.1) is 0 Å². The molecule has 0 aliphatic carbocycles. The standard InChI is InChI=1S/C25H29N3O5/c1-27(2)12-13-33-25(30)20(14-18-16-28(3)21-9-7-6-8-19(18)21)26-24(29)17-10-11-22(31-4)23(15-17)32-5/h6-11,14-16H,12-13H2,1-5H3,(H,26,29). The van der Waals surface area contributed by atoms with Crippen LogP contribution in [-0.4, -0.2) is 62.8 Å². The minimum absolute atomic E-state index is 0.0462. The summed E-state index contributed by atoms with van der Waals surface area (Å²) in [5.41, 5.74) is 2.16. The predicted octanol–water partition coefficient (Wildman–Crippen LogP) is 3.07. The number of carbonyl (C=O) groups excluding carboxylic acids is 2. The summed E-state index contributed by atoms with van der Waals surface area (Å²) in [6.07, 6.45) is 3.54. The first-order valence-corrected chi connectivity index (χ1v) is 10.4. The van der Waals surface area contributed by atoms with E-state index >= 15 is 0 Å². The third-order valence-electron chi connectivity index (χ3n) is 5.11. The fraction of sp³-hybridized carbons (Fsp3) is 0.280. The largest absolute Gasteiger partial charge is 0.493 e. The van der Waals surface area contributed by atoms with Gasteiger partial charge in [-0.15, -0.1) is 0 Å². The molecule has 33 heavy (non-hydrogen) atoms. The highest BCUT2D eigenvalue weighted by Crippen LogP contribution is 2.28. The number of para-hydroxylation sites is 1. The molecule has 0 saturated heterocycles. The van der Waals surface area contributed by atoms with E-state index in [1.54, 1.807) is 24.3 Å². The second kappa shape index (κ2) is 10.7. The molecule has 0 bridgehead atoms. The summed E-state index contributed by atoms with van der Waals surface area (Å²) in [4.78, 5) is 27.8. The van der Waals surface area contributed by atoms with Gasteiger partial charge in [0.1, 0.15) is 12.3 Å². The Balaban J connectivity index is 1.94. The van der Waals surface area contributed by atoms with Gasteiger partial charge in [0.2, 0.25) is 0 Å². The first kappa shape index (κ1) is 23.9. The van der Waals surface area contributed by atoms with Crippen LogP contribution in [-0.2, 0) is 16.6 Å². The van der Waals surface area contributed by atoms with E-state index in [-0.39, 0.29) is 12.3 Å². The molecular weight excluding hydrogens is 422 g/mol. The molecule has 8 heteroatoms. The highest BCUT2D eigenvalue weighted by Gasteiger charge is 2.19. The van der Waals surface area contributed by atoms with E-state index in [4.69, 9.17) is 14.2 Å². The summed E-state index contributed by atoms with van der Waals surface area (Å²) in [7, 11) is 8.72. The topological polar surface area (TPSA) is 82.0 Å². The highest BCUT2D eigenvalue weighted by atomic mass is 16.5. The molecule has 1 amide bonds. The number of hydrogen-bond donors (Lipinski definition) is 1. The molecule has 2 aromatic carbocycles. The molecule has 0 fully saturated rings. The Hall–Kier alpha value is -3.78. The van der Waals surface area contributed by atoms with E-state index in [0.717, 1.165) is 16.5 Å². The summed E-state index contributed by atoms with van der Waals surface area (Å²) < 4.78 is 17.9. The number of fused-ring (bicyclic) bond motifs is 1. The average molecular weight is 452 g/mol. The Morgan fingerprint density at radius 1 is 1.06 bits per heavy atom. The van der Waals surface area contributed by atoms with Crippen molar-refractivity contribution in [2.75, 3.05) is 41.5 Å².